The second kappa shape index (κ2) is 3.95. The Morgan fingerprint density at radius 1 is 1.24 bits per heavy atom. The molecule has 2 saturated heterocycles. The molecule has 1 atom stereocenters. The molecule has 0 aromatic heterocycles. The normalized spacial score (nSPS) is 33.5. The maximum atomic E-state index is 12.1. The first-order valence-electron chi connectivity index (χ1n) is 6.48. The van der Waals surface area contributed by atoms with Gasteiger partial charge in [-0.05, 0) is 38.3 Å². The molecule has 0 aliphatic carbocycles. The molecule has 2 fully saturated rings. The van der Waals surface area contributed by atoms with Gasteiger partial charge < -0.3 is 15.4 Å². The summed E-state index contributed by atoms with van der Waals surface area (Å²) in [6, 6.07) is 0. The molecule has 2 rings (SSSR count). The number of nitrogens with one attached hydrogen (secondary N) is 2. The molecule has 2 N–H and O–H groups in total. The van der Waals surface area contributed by atoms with Gasteiger partial charge in [0, 0.05) is 6.54 Å². The largest absolute Gasteiger partial charge is 0.357 e. The first kappa shape index (κ1) is 12.8. The third-order valence-corrected chi connectivity index (χ3v) is 4.37. The van der Waals surface area contributed by atoms with E-state index in [-0.39, 0.29) is 16.9 Å². The summed E-state index contributed by atoms with van der Waals surface area (Å²) in [7, 11) is 0. The Kier molecular flexibility index (Phi) is 2.99. The molecule has 2 aliphatic heterocycles. The van der Waals surface area contributed by atoms with E-state index in [0.717, 1.165) is 25.9 Å². The average Bonchev–Trinajstić information content (AvgIpc) is 2.24. The number of hydrogen-bond acceptors (Lipinski definition) is 3. The predicted octanol–water partition coefficient (Wildman–Crippen LogP) is 1.06. The third kappa shape index (κ3) is 2.08. The Morgan fingerprint density at radius 3 is 2.35 bits per heavy atom. The number of carbonyl (C=O) groups excluding carboxylic acids is 1. The van der Waals surface area contributed by atoms with E-state index >= 15 is 0 Å². The van der Waals surface area contributed by atoms with Crippen molar-refractivity contribution in [1.29, 1.82) is 0 Å². The number of rotatable bonds is 0. The summed E-state index contributed by atoms with van der Waals surface area (Å²) in [4.78, 5) is 12.1. The van der Waals surface area contributed by atoms with Crippen LogP contribution in [0, 0.1) is 5.41 Å². The van der Waals surface area contributed by atoms with Gasteiger partial charge in [0.25, 0.3) is 5.91 Å². The minimum atomic E-state index is -0.734. The van der Waals surface area contributed by atoms with Crippen molar-refractivity contribution >= 4 is 5.91 Å². The summed E-state index contributed by atoms with van der Waals surface area (Å²) in [5.74, 6) is 0.0224. The standard InChI is InChI=1S/C13H24N2O2/c1-11(2,3)12(4)10(16)15-9-13(17-12)5-7-14-8-6-13/h14H,5-9H2,1-4H3,(H,15,16). The Balaban J connectivity index is 2.24. The lowest BCUT2D eigenvalue weighted by Gasteiger charge is -2.52. The van der Waals surface area contributed by atoms with Gasteiger partial charge in [-0.1, -0.05) is 20.8 Å². The van der Waals surface area contributed by atoms with Crippen LogP contribution in [-0.4, -0.2) is 36.7 Å². The van der Waals surface area contributed by atoms with Gasteiger partial charge in [-0.15, -0.1) is 0 Å². The molecule has 17 heavy (non-hydrogen) atoms. The minimum Gasteiger partial charge on any atom is -0.357 e. The van der Waals surface area contributed by atoms with E-state index in [2.05, 4.69) is 31.4 Å². The Labute approximate surface area is 103 Å². The average molecular weight is 240 g/mol. The van der Waals surface area contributed by atoms with Gasteiger partial charge in [-0.2, -0.15) is 0 Å². The SMILES string of the molecule is CC(C)(C)C1(C)OC2(CCNCC2)CNC1=O. The Hall–Kier alpha value is -0.610. The van der Waals surface area contributed by atoms with Crippen molar-refractivity contribution in [3.05, 3.63) is 0 Å². The second-order valence-corrected chi connectivity index (χ2v) is 6.50. The highest BCUT2D eigenvalue weighted by Gasteiger charge is 2.54. The summed E-state index contributed by atoms with van der Waals surface area (Å²) >= 11 is 0. The van der Waals surface area contributed by atoms with Crippen LogP contribution in [0.3, 0.4) is 0 Å². The van der Waals surface area contributed by atoms with Gasteiger partial charge in [0.2, 0.25) is 0 Å². The summed E-state index contributed by atoms with van der Waals surface area (Å²) < 4.78 is 6.33. The van der Waals surface area contributed by atoms with Gasteiger partial charge in [-0.3, -0.25) is 4.79 Å². The van der Waals surface area contributed by atoms with Crippen LogP contribution < -0.4 is 10.6 Å². The molecule has 1 amide bonds. The quantitative estimate of drug-likeness (QED) is 0.665. The van der Waals surface area contributed by atoms with E-state index in [0.29, 0.717) is 6.54 Å². The zero-order valence-electron chi connectivity index (χ0n) is 11.4. The molecule has 1 spiro atoms. The number of carbonyl (C=O) groups is 1. The van der Waals surface area contributed by atoms with Gasteiger partial charge >= 0.3 is 0 Å². The van der Waals surface area contributed by atoms with Crippen molar-refractivity contribution in [2.75, 3.05) is 19.6 Å². The molecule has 0 aromatic rings. The van der Waals surface area contributed by atoms with Crippen molar-refractivity contribution in [2.24, 2.45) is 5.41 Å². The summed E-state index contributed by atoms with van der Waals surface area (Å²) in [6.07, 6.45) is 1.94. The fourth-order valence-corrected chi connectivity index (χ4v) is 2.58. The van der Waals surface area contributed by atoms with Gasteiger partial charge in [0.15, 0.2) is 0 Å². The van der Waals surface area contributed by atoms with Crippen molar-refractivity contribution < 1.29 is 9.53 Å². The van der Waals surface area contributed by atoms with Crippen molar-refractivity contribution in [3.63, 3.8) is 0 Å². The molecule has 0 radical (unpaired) electrons. The number of amides is 1. The number of morpholine rings is 1. The van der Waals surface area contributed by atoms with Crippen LogP contribution in [0.15, 0.2) is 0 Å². The van der Waals surface area contributed by atoms with Crippen LogP contribution in [-0.2, 0) is 9.53 Å². The topological polar surface area (TPSA) is 50.4 Å². The summed E-state index contributed by atoms with van der Waals surface area (Å²) in [6.45, 7) is 10.7. The van der Waals surface area contributed by atoms with E-state index in [1.54, 1.807) is 0 Å². The van der Waals surface area contributed by atoms with E-state index in [4.69, 9.17) is 4.74 Å². The molecule has 98 valence electrons. The molecular weight excluding hydrogens is 216 g/mol. The van der Waals surface area contributed by atoms with Crippen LogP contribution in [0.2, 0.25) is 0 Å². The number of ether oxygens (including phenoxy) is 1. The van der Waals surface area contributed by atoms with E-state index in [1.165, 1.54) is 0 Å². The molecule has 0 bridgehead atoms. The second-order valence-electron chi connectivity index (χ2n) is 6.50. The molecular formula is C13H24N2O2. The van der Waals surface area contributed by atoms with Crippen molar-refractivity contribution in [2.45, 2.75) is 51.7 Å². The highest BCUT2D eigenvalue weighted by atomic mass is 16.5. The zero-order chi connectivity index (χ0) is 12.7. The first-order chi connectivity index (χ1) is 7.79. The maximum absolute atomic E-state index is 12.1. The minimum absolute atomic E-state index is 0.0224. The van der Waals surface area contributed by atoms with Crippen LogP contribution in [0.5, 0.6) is 0 Å². The fourth-order valence-electron chi connectivity index (χ4n) is 2.58. The highest BCUT2D eigenvalue weighted by molar-refractivity contribution is 5.86. The van der Waals surface area contributed by atoms with Crippen molar-refractivity contribution in [1.82, 2.24) is 10.6 Å². The number of hydrogen-bond donors (Lipinski definition) is 2. The third-order valence-electron chi connectivity index (χ3n) is 4.37. The fraction of sp³-hybridized carbons (Fsp3) is 0.923. The lowest BCUT2D eigenvalue weighted by Crippen LogP contribution is -2.68. The molecule has 0 saturated carbocycles. The molecule has 4 nitrogen and oxygen atoms in total. The molecule has 2 heterocycles. The van der Waals surface area contributed by atoms with Crippen LogP contribution in [0.1, 0.15) is 40.5 Å². The smallest absolute Gasteiger partial charge is 0.252 e. The van der Waals surface area contributed by atoms with E-state index < -0.39 is 5.60 Å². The van der Waals surface area contributed by atoms with Crippen LogP contribution in [0.4, 0.5) is 0 Å². The molecule has 1 unspecified atom stereocenters. The summed E-state index contributed by atoms with van der Waals surface area (Å²) in [5, 5.41) is 6.39. The molecule has 0 aromatic carbocycles. The number of piperidine rings is 1. The summed E-state index contributed by atoms with van der Waals surface area (Å²) in [5.41, 5.74) is -1.10. The maximum Gasteiger partial charge on any atom is 0.252 e. The van der Waals surface area contributed by atoms with Crippen LogP contribution in [0.25, 0.3) is 0 Å². The van der Waals surface area contributed by atoms with Gasteiger partial charge in [0.05, 0.1) is 5.60 Å². The van der Waals surface area contributed by atoms with E-state index in [9.17, 15) is 4.79 Å². The first-order valence-corrected chi connectivity index (χ1v) is 6.48. The molecule has 2 aliphatic rings. The monoisotopic (exact) mass is 240 g/mol. The van der Waals surface area contributed by atoms with Gasteiger partial charge in [0.1, 0.15) is 5.60 Å². The zero-order valence-corrected chi connectivity index (χ0v) is 11.4. The Morgan fingerprint density at radius 2 is 1.82 bits per heavy atom. The van der Waals surface area contributed by atoms with Gasteiger partial charge in [-0.25, -0.2) is 0 Å². The van der Waals surface area contributed by atoms with Crippen LogP contribution >= 0.6 is 0 Å². The Bertz CT molecular complexity index is 316. The lowest BCUT2D eigenvalue weighted by atomic mass is 9.74. The highest BCUT2D eigenvalue weighted by Crippen LogP contribution is 2.41. The lowest BCUT2D eigenvalue weighted by molar-refractivity contribution is -0.220. The van der Waals surface area contributed by atoms with Crippen molar-refractivity contribution in [3.8, 4) is 0 Å². The predicted molar refractivity (Wildman–Crippen MR) is 66.8 cm³/mol. The van der Waals surface area contributed by atoms with E-state index in [1.807, 2.05) is 6.92 Å². The molecule has 4 heteroatoms.